The zero-order valence-corrected chi connectivity index (χ0v) is 11.6. The Bertz CT molecular complexity index is 435. The number of rotatable bonds is 8. The van der Waals surface area contributed by atoms with Crippen molar-refractivity contribution in [3.8, 4) is 11.5 Å². The molecule has 106 valence electrons. The number of methoxy groups -OCH3 is 1. The maximum absolute atomic E-state index is 11.1. The molecular weight excluding hydrogens is 248 g/mol. The van der Waals surface area contributed by atoms with E-state index in [1.165, 1.54) is 13.2 Å². The number of hydrogen-bond donors (Lipinski definition) is 1. The van der Waals surface area contributed by atoms with Gasteiger partial charge in [-0.15, -0.1) is 0 Å². The van der Waals surface area contributed by atoms with E-state index in [1.807, 2.05) is 13.8 Å². The van der Waals surface area contributed by atoms with Gasteiger partial charge in [-0.3, -0.25) is 10.1 Å². The lowest BCUT2D eigenvalue weighted by Crippen LogP contribution is -2.12. The van der Waals surface area contributed by atoms with Crippen molar-refractivity contribution >= 4 is 5.69 Å². The number of nitrogens with one attached hydrogen (secondary N) is 1. The summed E-state index contributed by atoms with van der Waals surface area (Å²) in [6, 6.07) is 3.29. The number of ether oxygens (including phenoxy) is 2. The summed E-state index contributed by atoms with van der Waals surface area (Å²) in [6.45, 7) is 5.69. The predicted octanol–water partition coefficient (Wildman–Crippen LogP) is 2.50. The lowest BCUT2D eigenvalue weighted by atomic mass is 10.1. The van der Waals surface area contributed by atoms with Gasteiger partial charge < -0.3 is 14.8 Å². The molecule has 1 N–H and O–H groups in total. The zero-order valence-electron chi connectivity index (χ0n) is 11.6. The standard InChI is InChI=1S/C13H20N2O4/c1-4-6-19-13-11(15(16)17)7-10(9-14-5-2)8-12(13)18-3/h7-8,14H,4-6,9H2,1-3H3. The third-order valence-electron chi connectivity index (χ3n) is 2.54. The van der Waals surface area contributed by atoms with Crippen LogP contribution in [0.2, 0.25) is 0 Å². The van der Waals surface area contributed by atoms with Crippen LogP contribution in [0.5, 0.6) is 11.5 Å². The summed E-state index contributed by atoms with van der Waals surface area (Å²) in [5.41, 5.74) is 0.745. The first-order chi connectivity index (χ1) is 9.13. The topological polar surface area (TPSA) is 73.6 Å². The minimum absolute atomic E-state index is 0.0549. The predicted molar refractivity (Wildman–Crippen MR) is 72.8 cm³/mol. The van der Waals surface area contributed by atoms with Gasteiger partial charge in [-0.2, -0.15) is 0 Å². The molecule has 6 nitrogen and oxygen atoms in total. The first-order valence-electron chi connectivity index (χ1n) is 6.32. The second-order valence-corrected chi connectivity index (χ2v) is 4.03. The number of nitrogens with zero attached hydrogens (tertiary/aromatic N) is 1. The molecule has 0 bridgehead atoms. The van der Waals surface area contributed by atoms with E-state index in [0.717, 1.165) is 18.5 Å². The zero-order chi connectivity index (χ0) is 14.3. The average molecular weight is 268 g/mol. The first-order valence-corrected chi connectivity index (χ1v) is 6.32. The number of hydrogen-bond acceptors (Lipinski definition) is 5. The monoisotopic (exact) mass is 268 g/mol. The van der Waals surface area contributed by atoms with Gasteiger partial charge in [0.2, 0.25) is 5.75 Å². The quantitative estimate of drug-likeness (QED) is 0.579. The molecule has 0 saturated carbocycles. The first kappa shape index (κ1) is 15.2. The maximum atomic E-state index is 11.1. The number of nitro benzene ring substituents is 1. The molecule has 19 heavy (non-hydrogen) atoms. The molecule has 1 aromatic rings. The van der Waals surface area contributed by atoms with Crippen molar-refractivity contribution in [1.29, 1.82) is 0 Å². The summed E-state index contributed by atoms with van der Waals surface area (Å²) >= 11 is 0. The van der Waals surface area contributed by atoms with Crippen LogP contribution in [-0.2, 0) is 6.54 Å². The van der Waals surface area contributed by atoms with E-state index in [9.17, 15) is 10.1 Å². The SMILES string of the molecule is CCCOc1c(OC)cc(CNCC)cc1[N+](=O)[O-]. The molecule has 1 aromatic carbocycles. The van der Waals surface area contributed by atoms with E-state index in [2.05, 4.69) is 5.32 Å². The molecule has 0 spiro atoms. The van der Waals surface area contributed by atoms with Crippen molar-refractivity contribution in [2.75, 3.05) is 20.3 Å². The summed E-state index contributed by atoms with van der Waals surface area (Å²) in [5.74, 6) is 0.602. The minimum Gasteiger partial charge on any atom is -0.493 e. The van der Waals surface area contributed by atoms with Gasteiger partial charge in [0.05, 0.1) is 18.6 Å². The van der Waals surface area contributed by atoms with Gasteiger partial charge in [0.1, 0.15) is 0 Å². The highest BCUT2D eigenvalue weighted by atomic mass is 16.6. The molecule has 0 aliphatic rings. The average Bonchev–Trinajstić information content (AvgIpc) is 2.42. The van der Waals surface area contributed by atoms with Crippen LogP contribution >= 0.6 is 0 Å². The van der Waals surface area contributed by atoms with Crippen LogP contribution in [0.1, 0.15) is 25.8 Å². The molecule has 0 heterocycles. The highest BCUT2D eigenvalue weighted by molar-refractivity contribution is 5.58. The lowest BCUT2D eigenvalue weighted by Gasteiger charge is -2.12. The molecule has 0 radical (unpaired) electrons. The summed E-state index contributed by atoms with van der Waals surface area (Å²) in [4.78, 5) is 10.7. The highest BCUT2D eigenvalue weighted by Crippen LogP contribution is 2.38. The van der Waals surface area contributed by atoms with Crippen LogP contribution in [0.15, 0.2) is 12.1 Å². The molecule has 0 amide bonds. The fraction of sp³-hybridized carbons (Fsp3) is 0.538. The van der Waals surface area contributed by atoms with Crippen LogP contribution in [0.4, 0.5) is 5.69 Å². The number of nitro groups is 1. The molecule has 1 rings (SSSR count). The van der Waals surface area contributed by atoms with Gasteiger partial charge in [-0.25, -0.2) is 0 Å². The van der Waals surface area contributed by atoms with E-state index in [4.69, 9.17) is 9.47 Å². The third kappa shape index (κ3) is 4.10. The Morgan fingerprint density at radius 2 is 2.11 bits per heavy atom. The highest BCUT2D eigenvalue weighted by Gasteiger charge is 2.22. The van der Waals surface area contributed by atoms with Crippen LogP contribution in [0.3, 0.4) is 0 Å². The van der Waals surface area contributed by atoms with Crippen LogP contribution in [0, 0.1) is 10.1 Å². The molecule has 0 saturated heterocycles. The fourth-order valence-electron chi connectivity index (χ4n) is 1.65. The minimum atomic E-state index is -0.442. The molecule has 0 unspecified atom stereocenters. The van der Waals surface area contributed by atoms with E-state index < -0.39 is 4.92 Å². The van der Waals surface area contributed by atoms with Crippen molar-refractivity contribution in [2.45, 2.75) is 26.8 Å². The molecule has 0 atom stereocenters. The fourth-order valence-corrected chi connectivity index (χ4v) is 1.65. The van der Waals surface area contributed by atoms with Gasteiger partial charge in [-0.05, 0) is 24.6 Å². The van der Waals surface area contributed by atoms with E-state index in [-0.39, 0.29) is 11.4 Å². The molecule has 0 aliphatic heterocycles. The van der Waals surface area contributed by atoms with Crippen molar-refractivity contribution in [2.24, 2.45) is 0 Å². The Morgan fingerprint density at radius 1 is 1.37 bits per heavy atom. The van der Waals surface area contributed by atoms with Crippen molar-refractivity contribution in [3.63, 3.8) is 0 Å². The van der Waals surface area contributed by atoms with Gasteiger partial charge in [0.15, 0.2) is 5.75 Å². The Balaban J connectivity index is 3.15. The normalized spacial score (nSPS) is 10.3. The number of benzene rings is 1. The van der Waals surface area contributed by atoms with Crippen LogP contribution in [-0.4, -0.2) is 25.2 Å². The van der Waals surface area contributed by atoms with Gasteiger partial charge in [0.25, 0.3) is 0 Å². The summed E-state index contributed by atoms with van der Waals surface area (Å²) in [7, 11) is 1.48. The van der Waals surface area contributed by atoms with Crippen molar-refractivity contribution < 1.29 is 14.4 Å². The van der Waals surface area contributed by atoms with E-state index in [0.29, 0.717) is 18.9 Å². The van der Waals surface area contributed by atoms with E-state index >= 15 is 0 Å². The Kier molecular flexibility index (Phi) is 6.08. The smallest absolute Gasteiger partial charge is 0.315 e. The molecular formula is C13H20N2O4. The van der Waals surface area contributed by atoms with Crippen molar-refractivity contribution in [3.05, 3.63) is 27.8 Å². The Labute approximate surface area is 112 Å². The van der Waals surface area contributed by atoms with Crippen molar-refractivity contribution in [1.82, 2.24) is 5.32 Å². The van der Waals surface area contributed by atoms with Gasteiger partial charge in [-0.1, -0.05) is 13.8 Å². The second-order valence-electron chi connectivity index (χ2n) is 4.03. The molecule has 0 fully saturated rings. The summed E-state index contributed by atoms with van der Waals surface area (Å²) < 4.78 is 10.6. The molecule has 6 heteroatoms. The Morgan fingerprint density at radius 3 is 2.63 bits per heavy atom. The lowest BCUT2D eigenvalue weighted by molar-refractivity contribution is -0.386. The summed E-state index contributed by atoms with van der Waals surface area (Å²) in [6.07, 6.45) is 0.777. The maximum Gasteiger partial charge on any atom is 0.315 e. The third-order valence-corrected chi connectivity index (χ3v) is 2.54. The van der Waals surface area contributed by atoms with Crippen LogP contribution < -0.4 is 14.8 Å². The molecule has 0 aliphatic carbocycles. The van der Waals surface area contributed by atoms with Gasteiger partial charge in [0, 0.05) is 12.6 Å². The van der Waals surface area contributed by atoms with Gasteiger partial charge >= 0.3 is 5.69 Å². The second kappa shape index (κ2) is 7.58. The van der Waals surface area contributed by atoms with Crippen LogP contribution in [0.25, 0.3) is 0 Å². The molecule has 0 aromatic heterocycles. The van der Waals surface area contributed by atoms with E-state index in [1.54, 1.807) is 6.07 Å². The summed E-state index contributed by atoms with van der Waals surface area (Å²) in [5, 5.41) is 14.3. The largest absolute Gasteiger partial charge is 0.493 e. The Hall–Kier alpha value is -1.82.